The zero-order valence-electron chi connectivity index (χ0n) is 11.4. The maximum atomic E-state index is 6.14. The van der Waals surface area contributed by atoms with Gasteiger partial charge in [0.1, 0.15) is 54.9 Å². The molecule has 0 N–H and O–H groups in total. The van der Waals surface area contributed by atoms with Gasteiger partial charge in [-0.15, -0.1) is 27.7 Å². The fourth-order valence-corrected chi connectivity index (χ4v) is 3.87. The summed E-state index contributed by atoms with van der Waals surface area (Å²) in [5, 5.41) is 1.42. The summed E-state index contributed by atoms with van der Waals surface area (Å²) in [6.45, 7) is 1.88. The van der Waals surface area contributed by atoms with Crippen LogP contribution in [0.25, 0.3) is 20.2 Å². The van der Waals surface area contributed by atoms with Crippen molar-refractivity contribution in [3.05, 3.63) is 5.56 Å². The van der Waals surface area contributed by atoms with Crippen LogP contribution in [0.1, 0.15) is 5.56 Å². The van der Waals surface area contributed by atoms with Crippen molar-refractivity contribution in [1.29, 1.82) is 0 Å². The van der Waals surface area contributed by atoms with Gasteiger partial charge in [-0.25, -0.2) is 0 Å². The van der Waals surface area contributed by atoms with Crippen LogP contribution in [0.3, 0.4) is 0 Å². The van der Waals surface area contributed by atoms with Crippen molar-refractivity contribution >= 4 is 125 Å². The second kappa shape index (κ2) is 4.81. The molecule has 82 valence electrons. The minimum atomic E-state index is 0.257. The maximum Gasteiger partial charge on any atom is 0.114 e. The normalized spacial score (nSPS) is 11.5. The summed E-state index contributed by atoms with van der Waals surface area (Å²) in [4.78, 5) is 0. The molecule has 0 nitrogen and oxygen atoms in total. The summed E-state index contributed by atoms with van der Waals surface area (Å²) < 4.78 is 1.63. The van der Waals surface area contributed by atoms with Crippen molar-refractivity contribution in [2.24, 2.45) is 0 Å². The molecule has 21 heavy (non-hydrogen) atoms. The van der Waals surface area contributed by atoms with E-state index in [1.54, 1.807) is 0 Å². The van der Waals surface area contributed by atoms with E-state index in [0.717, 1.165) is 20.3 Å². The van der Waals surface area contributed by atoms with Gasteiger partial charge in [0.05, 0.1) is 0 Å². The fraction of sp³-hybridized carbons (Fsp3) is 0.0769. The van der Waals surface area contributed by atoms with E-state index < -0.39 is 0 Å². The predicted octanol–water partition coefficient (Wildman–Crippen LogP) is -4.08. The largest absolute Gasteiger partial charge is 0.136 e. The Bertz CT molecular complexity index is 852. The third-order valence-corrected chi connectivity index (χ3v) is 5.23. The van der Waals surface area contributed by atoms with Gasteiger partial charge >= 0.3 is 0 Å². The van der Waals surface area contributed by atoms with Crippen LogP contribution in [0.2, 0.25) is 0 Å². The molecule has 0 unspecified atom stereocenters. The number of rotatable bonds is 0. The van der Waals surface area contributed by atoms with Crippen molar-refractivity contribution < 1.29 is 0 Å². The van der Waals surface area contributed by atoms with E-state index in [2.05, 4.69) is 0 Å². The second-order valence-corrected chi connectivity index (χ2v) is 6.05. The molecule has 0 aliphatic carbocycles. The Morgan fingerprint density at radius 2 is 0.952 bits per heavy atom. The minimum absolute atomic E-state index is 0.257. The Morgan fingerprint density at radius 3 is 1.52 bits per heavy atom. The van der Waals surface area contributed by atoms with Crippen molar-refractivity contribution in [2.45, 2.75) is 6.92 Å². The van der Waals surface area contributed by atoms with Gasteiger partial charge in [0.15, 0.2) is 0 Å². The standard InChI is InChI=1S/C13H3B7S/c1-2-5(14)8(17)6(15)3-4-7(16)9(18)10(19)11(20)13(4)21-12(2)3/h1H3. The van der Waals surface area contributed by atoms with Gasteiger partial charge in [-0.1, -0.05) is 21.9 Å². The van der Waals surface area contributed by atoms with Gasteiger partial charge in [-0.3, -0.25) is 0 Å². The van der Waals surface area contributed by atoms with Crippen LogP contribution in [0, 0.1) is 6.92 Å². The lowest BCUT2D eigenvalue weighted by molar-refractivity contribution is 1.63. The van der Waals surface area contributed by atoms with Crippen molar-refractivity contribution in [1.82, 2.24) is 0 Å². The topological polar surface area (TPSA) is 0 Å². The van der Waals surface area contributed by atoms with E-state index in [4.69, 9.17) is 54.9 Å². The average Bonchev–Trinajstić information content (AvgIpc) is 2.87. The molecule has 3 aromatic rings. The fourth-order valence-electron chi connectivity index (χ4n) is 2.55. The third-order valence-electron chi connectivity index (χ3n) is 3.89. The molecule has 14 radical (unpaired) electrons. The Hall–Kier alpha value is -0.885. The molecular weight excluding hydrogens is 264 g/mol. The lowest BCUT2D eigenvalue weighted by atomic mass is 9.64. The number of benzene rings is 2. The van der Waals surface area contributed by atoms with Gasteiger partial charge < -0.3 is 0 Å². The van der Waals surface area contributed by atoms with Crippen LogP contribution in [0.4, 0.5) is 0 Å². The van der Waals surface area contributed by atoms with E-state index in [9.17, 15) is 0 Å². The lowest BCUT2D eigenvalue weighted by Crippen LogP contribution is -2.47. The molecule has 2 aromatic carbocycles. The molecule has 0 atom stereocenters. The molecule has 0 bridgehead atoms. The average molecular weight is 267 g/mol. The van der Waals surface area contributed by atoms with E-state index in [-0.39, 0.29) is 10.9 Å². The number of thiophene rings is 1. The smallest absolute Gasteiger partial charge is 0.114 e. The number of fused-ring (bicyclic) bond motifs is 3. The van der Waals surface area contributed by atoms with Crippen molar-refractivity contribution in [3.8, 4) is 0 Å². The predicted molar refractivity (Wildman–Crippen MR) is 102 cm³/mol. The zero-order valence-corrected chi connectivity index (χ0v) is 12.3. The summed E-state index contributed by atoms with van der Waals surface area (Å²) in [6, 6.07) is 0. The van der Waals surface area contributed by atoms with Crippen LogP contribution in [-0.2, 0) is 0 Å². The van der Waals surface area contributed by atoms with Crippen LogP contribution < -0.4 is 38.2 Å². The first-order valence-electron chi connectivity index (χ1n) is 6.18. The molecule has 0 aliphatic rings. The minimum Gasteiger partial charge on any atom is -0.136 e. The van der Waals surface area contributed by atoms with Gasteiger partial charge in [0.25, 0.3) is 0 Å². The van der Waals surface area contributed by atoms with Gasteiger partial charge in [0, 0.05) is 9.40 Å². The molecule has 0 saturated heterocycles. The molecule has 0 saturated carbocycles. The second-order valence-electron chi connectivity index (χ2n) is 5.03. The van der Waals surface area contributed by atoms with Crippen molar-refractivity contribution in [3.63, 3.8) is 0 Å². The van der Waals surface area contributed by atoms with E-state index >= 15 is 0 Å². The van der Waals surface area contributed by atoms with E-state index in [1.807, 2.05) is 6.92 Å². The first-order chi connectivity index (χ1) is 9.77. The Balaban J connectivity index is 2.73. The Kier molecular flexibility index (Phi) is 3.44. The highest BCUT2D eigenvalue weighted by Crippen LogP contribution is 2.30. The molecule has 0 spiro atoms. The van der Waals surface area contributed by atoms with Gasteiger partial charge in [0.2, 0.25) is 0 Å². The van der Waals surface area contributed by atoms with E-state index in [0.29, 0.717) is 32.7 Å². The van der Waals surface area contributed by atoms with Crippen LogP contribution in [-0.4, -0.2) is 54.9 Å². The first-order valence-corrected chi connectivity index (χ1v) is 7.00. The highest BCUT2D eigenvalue weighted by molar-refractivity contribution is 7.27. The van der Waals surface area contributed by atoms with Crippen LogP contribution in [0.5, 0.6) is 0 Å². The summed E-state index contributed by atoms with van der Waals surface area (Å²) >= 11 is 1.43. The first kappa shape index (κ1) is 15.0. The zero-order chi connectivity index (χ0) is 15.6. The SMILES string of the molecule is [B]c1c([B])c([B])c2c(sc3c(C)c([B])c([B])c([B])c32)c1[B]. The maximum absolute atomic E-state index is 6.14. The monoisotopic (exact) mass is 268 g/mol. The molecule has 1 heterocycles. The Labute approximate surface area is 137 Å². The third kappa shape index (κ3) is 1.84. The highest BCUT2D eigenvalue weighted by atomic mass is 32.1. The quantitative estimate of drug-likeness (QED) is 0.363. The molecule has 1 aromatic heterocycles. The van der Waals surface area contributed by atoms with Gasteiger partial charge in [-0.05, 0) is 23.3 Å². The highest BCUT2D eigenvalue weighted by Gasteiger charge is 2.17. The van der Waals surface area contributed by atoms with E-state index in [1.165, 1.54) is 11.3 Å². The number of hydrogen-bond donors (Lipinski definition) is 0. The number of aryl methyl sites for hydroxylation is 1. The molecule has 0 fully saturated rings. The van der Waals surface area contributed by atoms with Crippen molar-refractivity contribution in [2.75, 3.05) is 0 Å². The van der Waals surface area contributed by atoms with Crippen LogP contribution >= 0.6 is 11.3 Å². The summed E-state index contributed by atoms with van der Waals surface area (Å²) in [5.41, 5.74) is 3.32. The lowest BCUT2D eigenvalue weighted by Gasteiger charge is -2.15. The molecular formula is C13H3B7S. The molecule has 3 rings (SSSR count). The number of hydrogen-bond acceptors (Lipinski definition) is 1. The molecule has 8 heteroatoms. The summed E-state index contributed by atoms with van der Waals surface area (Å²) in [7, 11) is 42.2. The molecule has 0 aliphatic heterocycles. The molecule has 0 amide bonds. The summed E-state index contributed by atoms with van der Waals surface area (Å²) in [6.07, 6.45) is 0. The summed E-state index contributed by atoms with van der Waals surface area (Å²) in [5.74, 6) is 0. The van der Waals surface area contributed by atoms with Gasteiger partial charge in [-0.2, -0.15) is 0 Å². The van der Waals surface area contributed by atoms with Crippen LogP contribution in [0.15, 0.2) is 0 Å². The Morgan fingerprint density at radius 1 is 0.524 bits per heavy atom.